The Hall–Kier alpha value is -1.77. The minimum absolute atomic E-state index is 0.0734. The number of nitrogens with zero attached hydrogens (tertiary/aromatic N) is 1. The van der Waals surface area contributed by atoms with Crippen molar-refractivity contribution in [1.82, 2.24) is 4.31 Å². The zero-order valence-electron chi connectivity index (χ0n) is 13.1. The quantitative estimate of drug-likeness (QED) is 0.816. The summed E-state index contributed by atoms with van der Waals surface area (Å²) in [5, 5.41) is 2.65. The summed E-state index contributed by atoms with van der Waals surface area (Å²) >= 11 is 3.34. The lowest BCUT2D eigenvalue weighted by Crippen LogP contribution is -2.35. The topological polar surface area (TPSA) is 66.5 Å². The van der Waals surface area contributed by atoms with Crippen LogP contribution in [-0.4, -0.2) is 32.2 Å². The molecule has 8 heteroatoms. The maximum atomic E-state index is 12.9. The second-order valence-electron chi connectivity index (χ2n) is 5.25. The van der Waals surface area contributed by atoms with Gasteiger partial charge in [-0.15, -0.1) is 0 Å². The van der Waals surface area contributed by atoms with Crippen molar-refractivity contribution < 1.29 is 17.6 Å². The Labute approximate surface area is 148 Å². The number of anilines is 1. The van der Waals surface area contributed by atoms with Gasteiger partial charge in [-0.1, -0.05) is 6.07 Å². The largest absolute Gasteiger partial charge is 0.324 e. The summed E-state index contributed by atoms with van der Waals surface area (Å²) in [5.74, 6) is -1.01. The Kier molecular flexibility index (Phi) is 5.74. The average Bonchev–Trinajstić information content (AvgIpc) is 2.50. The molecule has 0 aliphatic heterocycles. The molecule has 0 aliphatic rings. The first-order valence-corrected chi connectivity index (χ1v) is 9.21. The summed E-state index contributed by atoms with van der Waals surface area (Å²) < 4.78 is 39.3. The summed E-state index contributed by atoms with van der Waals surface area (Å²) in [6.07, 6.45) is 0. The van der Waals surface area contributed by atoms with E-state index in [1.54, 1.807) is 6.07 Å². The number of amides is 1. The molecule has 2 aromatic rings. The number of carbonyl (C=O) groups excluding carboxylic acids is 1. The molecule has 0 aromatic heterocycles. The van der Waals surface area contributed by atoms with Crippen LogP contribution in [0, 0.1) is 12.7 Å². The van der Waals surface area contributed by atoms with E-state index in [1.165, 1.54) is 7.05 Å². The second kappa shape index (κ2) is 7.42. The molecule has 0 bridgehead atoms. The van der Waals surface area contributed by atoms with Crippen molar-refractivity contribution in [3.05, 3.63) is 58.3 Å². The van der Waals surface area contributed by atoms with E-state index in [1.807, 2.05) is 19.1 Å². The Morgan fingerprint density at radius 1 is 1.21 bits per heavy atom. The summed E-state index contributed by atoms with van der Waals surface area (Å²) in [5.41, 5.74) is 1.58. The number of hydrogen-bond acceptors (Lipinski definition) is 3. The van der Waals surface area contributed by atoms with Gasteiger partial charge >= 0.3 is 0 Å². The molecule has 0 saturated carbocycles. The molecule has 5 nitrogen and oxygen atoms in total. The van der Waals surface area contributed by atoms with Crippen molar-refractivity contribution >= 4 is 37.5 Å². The van der Waals surface area contributed by atoms with Crippen LogP contribution in [0.15, 0.2) is 51.8 Å². The first kappa shape index (κ1) is 18.6. The van der Waals surface area contributed by atoms with Crippen LogP contribution in [0.25, 0.3) is 0 Å². The highest BCUT2D eigenvalue weighted by Gasteiger charge is 2.23. The molecule has 1 amide bonds. The fourth-order valence-corrected chi connectivity index (χ4v) is 3.70. The third-order valence-electron chi connectivity index (χ3n) is 3.29. The Morgan fingerprint density at radius 3 is 2.42 bits per heavy atom. The molecule has 0 atom stereocenters. The van der Waals surface area contributed by atoms with Crippen LogP contribution in [0.5, 0.6) is 0 Å². The minimum atomic E-state index is -3.87. The van der Waals surface area contributed by atoms with E-state index in [9.17, 15) is 17.6 Å². The number of benzene rings is 2. The first-order valence-electron chi connectivity index (χ1n) is 6.98. The molecule has 0 heterocycles. The first-order chi connectivity index (χ1) is 11.2. The van der Waals surface area contributed by atoms with E-state index in [2.05, 4.69) is 21.2 Å². The van der Waals surface area contributed by atoms with Crippen molar-refractivity contribution in [2.45, 2.75) is 11.8 Å². The Bertz CT molecular complexity index is 854. The van der Waals surface area contributed by atoms with Gasteiger partial charge in [0.1, 0.15) is 5.82 Å². The third-order valence-corrected chi connectivity index (χ3v) is 5.76. The highest BCUT2D eigenvalue weighted by molar-refractivity contribution is 9.10. The van der Waals surface area contributed by atoms with Gasteiger partial charge in [-0.3, -0.25) is 4.79 Å². The fourth-order valence-electron chi connectivity index (χ4n) is 1.98. The summed E-state index contributed by atoms with van der Waals surface area (Å²) in [6.45, 7) is 1.55. The molecule has 0 spiro atoms. The van der Waals surface area contributed by atoms with Crippen molar-refractivity contribution in [3.8, 4) is 0 Å². The number of carbonyl (C=O) groups is 1. The van der Waals surface area contributed by atoms with Gasteiger partial charge < -0.3 is 5.32 Å². The van der Waals surface area contributed by atoms with Gasteiger partial charge in [0.05, 0.1) is 17.1 Å². The van der Waals surface area contributed by atoms with Gasteiger partial charge in [0.15, 0.2) is 0 Å². The number of halogens is 2. The molecular weight excluding hydrogens is 399 g/mol. The molecule has 0 radical (unpaired) electrons. The number of likely N-dealkylation sites (N-methyl/N-ethyl adjacent to an activating group) is 1. The SMILES string of the molecule is Cc1ccc(NC(=O)CN(C)S(=O)(=O)c2ccc(F)cc2)c(Br)c1. The number of rotatable bonds is 5. The van der Waals surface area contributed by atoms with E-state index in [0.717, 1.165) is 34.1 Å². The molecule has 2 rings (SSSR count). The average molecular weight is 415 g/mol. The van der Waals surface area contributed by atoms with Crippen LogP contribution in [0.3, 0.4) is 0 Å². The Balaban J connectivity index is 2.09. The zero-order chi connectivity index (χ0) is 17.9. The fraction of sp³-hybridized carbons (Fsp3) is 0.188. The Morgan fingerprint density at radius 2 is 1.83 bits per heavy atom. The molecule has 0 aliphatic carbocycles. The molecular formula is C16H16BrFN2O3S. The molecule has 2 aromatic carbocycles. The summed E-state index contributed by atoms with van der Waals surface area (Å²) in [6, 6.07) is 9.85. The normalized spacial score (nSPS) is 11.5. The van der Waals surface area contributed by atoms with Crippen LogP contribution in [-0.2, 0) is 14.8 Å². The lowest BCUT2D eigenvalue weighted by Gasteiger charge is -2.17. The molecule has 128 valence electrons. The van der Waals surface area contributed by atoms with Gasteiger partial charge in [0.2, 0.25) is 15.9 Å². The zero-order valence-corrected chi connectivity index (χ0v) is 15.5. The van der Waals surface area contributed by atoms with Crippen molar-refractivity contribution in [3.63, 3.8) is 0 Å². The van der Waals surface area contributed by atoms with E-state index >= 15 is 0 Å². The van der Waals surface area contributed by atoms with Gasteiger partial charge in [-0.05, 0) is 64.8 Å². The number of hydrogen-bond donors (Lipinski definition) is 1. The predicted molar refractivity (Wildman–Crippen MR) is 93.7 cm³/mol. The molecule has 0 unspecified atom stereocenters. The van der Waals surface area contributed by atoms with Crippen LogP contribution in [0.1, 0.15) is 5.56 Å². The number of aryl methyl sites for hydroxylation is 1. The highest BCUT2D eigenvalue weighted by atomic mass is 79.9. The third kappa shape index (κ3) is 4.40. The van der Waals surface area contributed by atoms with E-state index in [0.29, 0.717) is 10.2 Å². The minimum Gasteiger partial charge on any atom is -0.324 e. The highest BCUT2D eigenvalue weighted by Crippen LogP contribution is 2.23. The lowest BCUT2D eigenvalue weighted by molar-refractivity contribution is -0.116. The second-order valence-corrected chi connectivity index (χ2v) is 8.15. The summed E-state index contributed by atoms with van der Waals surface area (Å²) in [7, 11) is -2.57. The van der Waals surface area contributed by atoms with E-state index in [4.69, 9.17) is 0 Å². The molecule has 0 fully saturated rings. The standard InChI is InChI=1S/C16H16BrFN2O3S/c1-11-3-8-15(14(17)9-11)19-16(21)10-20(2)24(22,23)13-6-4-12(18)5-7-13/h3-9H,10H2,1-2H3,(H,19,21). The van der Waals surface area contributed by atoms with Crippen LogP contribution < -0.4 is 5.32 Å². The molecule has 0 saturated heterocycles. The maximum Gasteiger partial charge on any atom is 0.243 e. The van der Waals surface area contributed by atoms with Gasteiger partial charge in [-0.25, -0.2) is 12.8 Å². The van der Waals surface area contributed by atoms with Crippen LogP contribution in [0.4, 0.5) is 10.1 Å². The summed E-state index contributed by atoms with van der Waals surface area (Å²) in [4.78, 5) is 12.0. The van der Waals surface area contributed by atoms with Crippen LogP contribution in [0.2, 0.25) is 0 Å². The van der Waals surface area contributed by atoms with Crippen molar-refractivity contribution in [2.24, 2.45) is 0 Å². The monoisotopic (exact) mass is 414 g/mol. The van der Waals surface area contributed by atoms with Gasteiger partial charge in [0, 0.05) is 11.5 Å². The predicted octanol–water partition coefficient (Wildman–Crippen LogP) is 3.16. The van der Waals surface area contributed by atoms with Crippen molar-refractivity contribution in [1.29, 1.82) is 0 Å². The van der Waals surface area contributed by atoms with Crippen molar-refractivity contribution in [2.75, 3.05) is 18.9 Å². The van der Waals surface area contributed by atoms with Gasteiger partial charge in [-0.2, -0.15) is 4.31 Å². The number of nitrogens with one attached hydrogen (secondary N) is 1. The molecule has 1 N–H and O–H groups in total. The van der Waals surface area contributed by atoms with E-state index in [-0.39, 0.29) is 11.4 Å². The lowest BCUT2D eigenvalue weighted by atomic mass is 10.2. The maximum absolute atomic E-state index is 12.9. The smallest absolute Gasteiger partial charge is 0.243 e. The van der Waals surface area contributed by atoms with Crippen LogP contribution >= 0.6 is 15.9 Å². The molecule has 24 heavy (non-hydrogen) atoms. The van der Waals surface area contributed by atoms with E-state index < -0.39 is 21.7 Å². The van der Waals surface area contributed by atoms with Gasteiger partial charge in [0.25, 0.3) is 0 Å². The number of sulfonamides is 1.